The molecule has 2 rings (SSSR count). The summed E-state index contributed by atoms with van der Waals surface area (Å²) in [6.45, 7) is 2.69. The van der Waals surface area contributed by atoms with E-state index in [1.54, 1.807) is 12.1 Å². The Hall–Kier alpha value is -2.17. The van der Waals surface area contributed by atoms with Crippen molar-refractivity contribution in [1.29, 1.82) is 0 Å². The zero-order valence-corrected chi connectivity index (χ0v) is 11.9. The third-order valence-corrected chi connectivity index (χ3v) is 2.95. The first-order valence-electron chi connectivity index (χ1n) is 6.53. The minimum Gasteiger partial charge on any atom is -0.490 e. The molecule has 1 heterocycles. The van der Waals surface area contributed by atoms with E-state index < -0.39 is 5.63 Å². The van der Waals surface area contributed by atoms with Crippen molar-refractivity contribution in [3.63, 3.8) is 0 Å². The van der Waals surface area contributed by atoms with Gasteiger partial charge in [-0.25, -0.2) is 4.79 Å². The molecule has 0 aliphatic rings. The summed E-state index contributed by atoms with van der Waals surface area (Å²) < 4.78 is 21.6. The molecule has 0 saturated carbocycles. The minimum absolute atomic E-state index is 0.361. The van der Waals surface area contributed by atoms with E-state index in [1.807, 2.05) is 0 Å². The second kappa shape index (κ2) is 6.32. The second-order valence-electron chi connectivity index (χ2n) is 4.32. The van der Waals surface area contributed by atoms with Crippen LogP contribution in [0.5, 0.6) is 17.2 Å². The quantitative estimate of drug-likeness (QED) is 0.600. The van der Waals surface area contributed by atoms with Gasteiger partial charge in [-0.1, -0.05) is 13.3 Å². The highest BCUT2D eigenvalue weighted by atomic mass is 16.5. The van der Waals surface area contributed by atoms with Crippen LogP contribution in [0.3, 0.4) is 0 Å². The molecule has 108 valence electrons. The Morgan fingerprint density at radius 1 is 1.15 bits per heavy atom. The fourth-order valence-electron chi connectivity index (χ4n) is 1.95. The Morgan fingerprint density at radius 2 is 1.90 bits per heavy atom. The van der Waals surface area contributed by atoms with Crippen LogP contribution in [0.2, 0.25) is 0 Å². The van der Waals surface area contributed by atoms with Crippen molar-refractivity contribution in [1.82, 2.24) is 0 Å². The molecule has 5 nitrogen and oxygen atoms in total. The summed E-state index contributed by atoms with van der Waals surface area (Å²) in [6.07, 6.45) is 2.00. The number of fused-ring (bicyclic) bond motifs is 1. The normalized spacial score (nSPS) is 10.6. The predicted octanol–water partition coefficient (Wildman–Crippen LogP) is 2.99. The molecule has 1 aromatic carbocycles. The van der Waals surface area contributed by atoms with Crippen LogP contribution in [-0.4, -0.2) is 20.8 Å². The first-order valence-corrected chi connectivity index (χ1v) is 6.53. The molecule has 0 fully saturated rings. The van der Waals surface area contributed by atoms with Crippen LogP contribution in [0.25, 0.3) is 11.0 Å². The molecule has 20 heavy (non-hydrogen) atoms. The molecule has 0 atom stereocenters. The molecule has 1 aromatic heterocycles. The molecule has 2 aromatic rings. The summed E-state index contributed by atoms with van der Waals surface area (Å²) in [4.78, 5) is 11.4. The van der Waals surface area contributed by atoms with E-state index in [0.717, 1.165) is 18.2 Å². The van der Waals surface area contributed by atoms with Gasteiger partial charge in [-0.15, -0.1) is 0 Å². The zero-order valence-electron chi connectivity index (χ0n) is 11.9. The van der Waals surface area contributed by atoms with Gasteiger partial charge in [-0.2, -0.15) is 0 Å². The van der Waals surface area contributed by atoms with Crippen LogP contribution < -0.4 is 19.8 Å². The molecule has 5 heteroatoms. The van der Waals surface area contributed by atoms with E-state index in [1.165, 1.54) is 20.3 Å². The number of ether oxygens (including phenoxy) is 3. The number of hydrogen-bond acceptors (Lipinski definition) is 5. The molecule has 0 bridgehead atoms. The van der Waals surface area contributed by atoms with Gasteiger partial charge in [0.25, 0.3) is 0 Å². The maximum atomic E-state index is 11.4. The molecule has 0 aliphatic carbocycles. The molecule has 0 spiro atoms. The summed E-state index contributed by atoms with van der Waals surface area (Å²) in [5.41, 5.74) is -0.0720. The van der Waals surface area contributed by atoms with Gasteiger partial charge in [0.15, 0.2) is 11.3 Å². The SMILES string of the molecule is CCCCOc1cc2ccc(=O)oc2c(OC)c1OC. The summed E-state index contributed by atoms with van der Waals surface area (Å²) >= 11 is 0. The van der Waals surface area contributed by atoms with Crippen molar-refractivity contribution in [3.05, 3.63) is 28.6 Å². The third-order valence-electron chi connectivity index (χ3n) is 2.95. The monoisotopic (exact) mass is 278 g/mol. The first-order chi connectivity index (χ1) is 9.71. The highest BCUT2D eigenvalue weighted by molar-refractivity contribution is 5.88. The van der Waals surface area contributed by atoms with Gasteiger partial charge in [0, 0.05) is 11.5 Å². The topological polar surface area (TPSA) is 57.9 Å². The number of unbranched alkanes of at least 4 members (excludes halogenated alkanes) is 1. The van der Waals surface area contributed by atoms with Gasteiger partial charge in [-0.05, 0) is 18.6 Å². The molecule has 0 amide bonds. The Labute approximate surface area is 117 Å². The molecule has 0 N–H and O–H groups in total. The Bertz CT molecular complexity index is 644. The van der Waals surface area contributed by atoms with Crippen LogP contribution in [0.4, 0.5) is 0 Å². The lowest BCUT2D eigenvalue weighted by molar-refractivity contribution is 0.279. The maximum absolute atomic E-state index is 11.4. The lowest BCUT2D eigenvalue weighted by Crippen LogP contribution is -2.02. The van der Waals surface area contributed by atoms with Crippen LogP contribution in [-0.2, 0) is 0 Å². The fraction of sp³-hybridized carbons (Fsp3) is 0.400. The minimum atomic E-state index is -0.433. The number of rotatable bonds is 6. The van der Waals surface area contributed by atoms with Crippen molar-refractivity contribution in [2.45, 2.75) is 19.8 Å². The first kappa shape index (κ1) is 14.2. The average Bonchev–Trinajstić information content (AvgIpc) is 2.46. The molecule has 0 saturated heterocycles. The lowest BCUT2D eigenvalue weighted by atomic mass is 10.2. The maximum Gasteiger partial charge on any atom is 0.336 e. The number of benzene rings is 1. The van der Waals surface area contributed by atoms with Crippen molar-refractivity contribution in [2.75, 3.05) is 20.8 Å². The zero-order chi connectivity index (χ0) is 14.5. The Morgan fingerprint density at radius 3 is 2.55 bits per heavy atom. The average molecular weight is 278 g/mol. The highest BCUT2D eigenvalue weighted by Gasteiger charge is 2.18. The number of hydrogen-bond donors (Lipinski definition) is 0. The van der Waals surface area contributed by atoms with E-state index in [2.05, 4.69) is 6.92 Å². The van der Waals surface area contributed by atoms with Crippen LogP contribution >= 0.6 is 0 Å². The van der Waals surface area contributed by atoms with Gasteiger partial charge in [0.1, 0.15) is 0 Å². The predicted molar refractivity (Wildman–Crippen MR) is 76.0 cm³/mol. The van der Waals surface area contributed by atoms with Crippen molar-refractivity contribution >= 4 is 11.0 Å². The molecule has 0 aliphatic heterocycles. The summed E-state index contributed by atoms with van der Waals surface area (Å²) in [5, 5.41) is 0.730. The van der Waals surface area contributed by atoms with Gasteiger partial charge < -0.3 is 18.6 Å². The van der Waals surface area contributed by atoms with Gasteiger partial charge in [0.05, 0.1) is 20.8 Å². The van der Waals surface area contributed by atoms with E-state index in [9.17, 15) is 4.79 Å². The van der Waals surface area contributed by atoms with E-state index >= 15 is 0 Å². The smallest absolute Gasteiger partial charge is 0.336 e. The van der Waals surface area contributed by atoms with Crippen molar-refractivity contribution in [2.24, 2.45) is 0 Å². The standard InChI is InChI=1S/C15H18O5/c1-4-5-8-19-11-9-10-6-7-12(16)20-13(10)15(18-3)14(11)17-2/h6-7,9H,4-5,8H2,1-3H3. The van der Waals surface area contributed by atoms with E-state index in [4.69, 9.17) is 18.6 Å². The van der Waals surface area contributed by atoms with E-state index in [-0.39, 0.29) is 0 Å². The van der Waals surface area contributed by atoms with Gasteiger partial charge in [0.2, 0.25) is 11.5 Å². The lowest BCUT2D eigenvalue weighted by Gasteiger charge is -2.15. The fourth-order valence-corrected chi connectivity index (χ4v) is 1.95. The highest BCUT2D eigenvalue weighted by Crippen LogP contribution is 2.42. The third kappa shape index (κ3) is 2.71. The molecule has 0 radical (unpaired) electrons. The second-order valence-corrected chi connectivity index (χ2v) is 4.32. The van der Waals surface area contributed by atoms with Crippen LogP contribution in [0, 0.1) is 0 Å². The molecule has 0 unspecified atom stereocenters. The van der Waals surface area contributed by atoms with Crippen LogP contribution in [0.15, 0.2) is 27.4 Å². The van der Waals surface area contributed by atoms with Crippen molar-refractivity contribution < 1.29 is 18.6 Å². The van der Waals surface area contributed by atoms with Crippen molar-refractivity contribution in [3.8, 4) is 17.2 Å². The Kier molecular flexibility index (Phi) is 4.50. The molecular formula is C15H18O5. The summed E-state index contributed by atoms with van der Waals surface area (Å²) in [7, 11) is 3.03. The molecular weight excluding hydrogens is 260 g/mol. The van der Waals surface area contributed by atoms with E-state index in [0.29, 0.717) is 29.4 Å². The Balaban J connectivity index is 2.57. The largest absolute Gasteiger partial charge is 0.490 e. The van der Waals surface area contributed by atoms with Gasteiger partial charge >= 0.3 is 5.63 Å². The van der Waals surface area contributed by atoms with Crippen LogP contribution in [0.1, 0.15) is 19.8 Å². The summed E-state index contributed by atoms with van der Waals surface area (Å²) in [5.74, 6) is 1.39. The number of methoxy groups -OCH3 is 2. The summed E-state index contributed by atoms with van der Waals surface area (Å²) in [6, 6.07) is 4.83. The van der Waals surface area contributed by atoms with Gasteiger partial charge in [-0.3, -0.25) is 0 Å².